The smallest absolute Gasteiger partial charge is 0.242 e. The fraction of sp³-hybridized carbons (Fsp3) is 0.379. The summed E-state index contributed by atoms with van der Waals surface area (Å²) in [5.74, 6) is -1.56. The molecule has 2 aromatic rings. The molecule has 1 fully saturated rings. The molecule has 4 rings (SSSR count). The number of carbonyl (C=O) groups is 4. The van der Waals surface area contributed by atoms with Gasteiger partial charge in [0.25, 0.3) is 0 Å². The molecular formula is C29H33N3O4. The number of aryl methyl sites for hydroxylation is 1. The lowest BCUT2D eigenvalue weighted by Gasteiger charge is -2.31. The number of hydrogen-bond donors (Lipinski definition) is 1. The lowest BCUT2D eigenvalue weighted by Crippen LogP contribution is -2.50. The number of carbonyl (C=O) groups excluding carboxylic acids is 4. The molecule has 0 unspecified atom stereocenters. The molecule has 0 saturated carbocycles. The predicted molar refractivity (Wildman–Crippen MR) is 136 cm³/mol. The summed E-state index contributed by atoms with van der Waals surface area (Å²) in [6, 6.07) is 16.7. The van der Waals surface area contributed by atoms with E-state index >= 15 is 0 Å². The van der Waals surface area contributed by atoms with Gasteiger partial charge in [-0.1, -0.05) is 72.3 Å². The number of benzene rings is 2. The number of hydrogen-bond acceptors (Lipinski definition) is 4. The fourth-order valence-corrected chi connectivity index (χ4v) is 5.17. The number of amides is 4. The second-order valence-electron chi connectivity index (χ2n) is 9.56. The lowest BCUT2D eigenvalue weighted by atomic mass is 9.85. The van der Waals surface area contributed by atoms with Crippen molar-refractivity contribution in [1.29, 1.82) is 0 Å². The average Bonchev–Trinajstić information content (AvgIpc) is 3.14. The summed E-state index contributed by atoms with van der Waals surface area (Å²) in [5, 5.41) is 2.70. The highest BCUT2D eigenvalue weighted by Gasteiger charge is 2.47. The number of fused-ring (bicyclic) bond motifs is 1. The van der Waals surface area contributed by atoms with Crippen molar-refractivity contribution in [2.24, 2.45) is 11.8 Å². The normalized spacial score (nSPS) is 19.7. The van der Waals surface area contributed by atoms with E-state index in [9.17, 15) is 19.2 Å². The van der Waals surface area contributed by atoms with E-state index in [1.54, 1.807) is 11.9 Å². The summed E-state index contributed by atoms with van der Waals surface area (Å²) in [5.41, 5.74) is 2.91. The number of rotatable bonds is 9. The van der Waals surface area contributed by atoms with E-state index in [1.165, 1.54) is 4.90 Å². The molecule has 188 valence electrons. The quantitative estimate of drug-likeness (QED) is 0.435. The zero-order valence-electron chi connectivity index (χ0n) is 20.9. The van der Waals surface area contributed by atoms with Crippen LogP contribution in [0.2, 0.25) is 0 Å². The maximum absolute atomic E-state index is 13.7. The van der Waals surface area contributed by atoms with Crippen LogP contribution in [0.4, 0.5) is 0 Å². The Morgan fingerprint density at radius 3 is 2.22 bits per heavy atom. The molecule has 1 N–H and O–H groups in total. The molecule has 7 heteroatoms. The van der Waals surface area contributed by atoms with E-state index in [4.69, 9.17) is 0 Å². The van der Waals surface area contributed by atoms with Crippen LogP contribution in [0.25, 0.3) is 0 Å². The molecule has 1 saturated heterocycles. The van der Waals surface area contributed by atoms with Gasteiger partial charge in [0.1, 0.15) is 6.04 Å². The molecule has 1 aliphatic heterocycles. The van der Waals surface area contributed by atoms with Crippen molar-refractivity contribution >= 4 is 23.6 Å². The van der Waals surface area contributed by atoms with Crippen molar-refractivity contribution in [3.8, 4) is 0 Å². The second kappa shape index (κ2) is 11.3. The maximum Gasteiger partial charge on any atom is 0.242 e. The van der Waals surface area contributed by atoms with Crippen molar-refractivity contribution < 1.29 is 19.2 Å². The number of imide groups is 1. The molecule has 3 atom stereocenters. The molecular weight excluding hydrogens is 454 g/mol. The molecule has 7 nitrogen and oxygen atoms in total. The van der Waals surface area contributed by atoms with Gasteiger partial charge in [0, 0.05) is 33.0 Å². The van der Waals surface area contributed by atoms with Crippen molar-refractivity contribution in [1.82, 2.24) is 15.1 Å². The van der Waals surface area contributed by atoms with Gasteiger partial charge in [-0.05, 0) is 30.9 Å². The zero-order chi connectivity index (χ0) is 25.7. The van der Waals surface area contributed by atoms with E-state index in [0.29, 0.717) is 19.3 Å². The molecule has 0 bridgehead atoms. The van der Waals surface area contributed by atoms with Crippen LogP contribution in [-0.4, -0.2) is 53.1 Å². The Labute approximate surface area is 212 Å². The van der Waals surface area contributed by atoms with Crippen LogP contribution < -0.4 is 5.32 Å². The Hall–Kier alpha value is -3.74. The van der Waals surface area contributed by atoms with Gasteiger partial charge in [-0.3, -0.25) is 24.1 Å². The van der Waals surface area contributed by atoms with E-state index in [1.807, 2.05) is 73.7 Å². The van der Waals surface area contributed by atoms with Crippen LogP contribution in [0.1, 0.15) is 36.0 Å². The molecule has 0 aromatic heterocycles. The third kappa shape index (κ3) is 5.56. The topological polar surface area (TPSA) is 86.8 Å². The summed E-state index contributed by atoms with van der Waals surface area (Å²) >= 11 is 0. The molecule has 1 aliphatic carbocycles. The predicted octanol–water partition coefficient (Wildman–Crippen LogP) is 3.02. The minimum Gasteiger partial charge on any atom is -0.357 e. The Morgan fingerprint density at radius 2 is 1.61 bits per heavy atom. The van der Waals surface area contributed by atoms with Crippen LogP contribution in [0.15, 0.2) is 66.7 Å². The Bertz CT molecular complexity index is 1130. The maximum atomic E-state index is 13.7. The molecule has 4 amide bonds. The molecule has 2 aliphatic rings. The van der Waals surface area contributed by atoms with Gasteiger partial charge in [0.2, 0.25) is 23.6 Å². The third-order valence-electron chi connectivity index (χ3n) is 7.10. The standard InChI is InChI=1S/C29H33N3O4/c1-20-9-8-12-22(17-20)19-32(25(27(34)30-2)18-21-10-4-3-5-11-21)26(33)15-16-31-28(35)23-13-6-7-14-24(23)29(31)36/h3-12,17,23-25H,13-16,18-19H2,1-2H3,(H,30,34)/t23-,24+,25-/m1/s1. The van der Waals surface area contributed by atoms with Crippen molar-refractivity contribution in [3.63, 3.8) is 0 Å². The summed E-state index contributed by atoms with van der Waals surface area (Å²) in [4.78, 5) is 55.3. The Morgan fingerprint density at radius 1 is 0.972 bits per heavy atom. The van der Waals surface area contributed by atoms with Crippen LogP contribution in [0.5, 0.6) is 0 Å². The third-order valence-corrected chi connectivity index (χ3v) is 7.10. The average molecular weight is 488 g/mol. The molecule has 0 spiro atoms. The van der Waals surface area contributed by atoms with Crippen molar-refractivity contribution in [2.45, 2.75) is 45.2 Å². The first-order chi connectivity index (χ1) is 17.4. The molecule has 36 heavy (non-hydrogen) atoms. The van der Waals surface area contributed by atoms with Gasteiger partial charge in [-0.2, -0.15) is 0 Å². The highest BCUT2D eigenvalue weighted by molar-refractivity contribution is 6.05. The van der Waals surface area contributed by atoms with E-state index in [0.717, 1.165) is 16.7 Å². The van der Waals surface area contributed by atoms with Gasteiger partial charge in [0.15, 0.2) is 0 Å². The zero-order valence-corrected chi connectivity index (χ0v) is 20.9. The van der Waals surface area contributed by atoms with Gasteiger partial charge in [0.05, 0.1) is 11.8 Å². The van der Waals surface area contributed by atoms with Crippen LogP contribution >= 0.6 is 0 Å². The lowest BCUT2D eigenvalue weighted by molar-refractivity contribution is -0.144. The first-order valence-corrected chi connectivity index (χ1v) is 12.5. The number of allylic oxidation sites excluding steroid dienone is 2. The highest BCUT2D eigenvalue weighted by Crippen LogP contribution is 2.35. The first kappa shape index (κ1) is 25.4. The largest absolute Gasteiger partial charge is 0.357 e. The highest BCUT2D eigenvalue weighted by atomic mass is 16.2. The summed E-state index contributed by atoms with van der Waals surface area (Å²) < 4.78 is 0. The van der Waals surface area contributed by atoms with Gasteiger partial charge in [-0.25, -0.2) is 0 Å². The summed E-state index contributed by atoms with van der Waals surface area (Å²) in [6.45, 7) is 2.26. The Balaban J connectivity index is 1.56. The minimum atomic E-state index is -0.734. The molecule has 1 heterocycles. The monoisotopic (exact) mass is 487 g/mol. The van der Waals surface area contributed by atoms with Crippen molar-refractivity contribution in [2.75, 3.05) is 13.6 Å². The number of nitrogens with one attached hydrogen (secondary N) is 1. The number of nitrogens with zero attached hydrogens (tertiary/aromatic N) is 2. The van der Waals surface area contributed by atoms with E-state index in [2.05, 4.69) is 5.32 Å². The van der Waals surface area contributed by atoms with Gasteiger partial charge >= 0.3 is 0 Å². The SMILES string of the molecule is CNC(=O)[C@@H](Cc1ccccc1)N(Cc1cccc(C)c1)C(=O)CCN1C(=O)[C@H]2CC=CC[C@H]2C1=O. The van der Waals surface area contributed by atoms with Gasteiger partial charge in [-0.15, -0.1) is 0 Å². The fourth-order valence-electron chi connectivity index (χ4n) is 5.17. The molecule has 2 aromatic carbocycles. The van der Waals surface area contributed by atoms with Crippen LogP contribution in [0.3, 0.4) is 0 Å². The van der Waals surface area contributed by atoms with Crippen molar-refractivity contribution in [3.05, 3.63) is 83.4 Å². The van der Waals surface area contributed by atoms with Gasteiger partial charge < -0.3 is 10.2 Å². The minimum absolute atomic E-state index is 0.0274. The van der Waals surface area contributed by atoms with E-state index in [-0.39, 0.29) is 55.0 Å². The summed E-state index contributed by atoms with van der Waals surface area (Å²) in [7, 11) is 1.56. The Kier molecular flexibility index (Phi) is 7.98. The first-order valence-electron chi connectivity index (χ1n) is 12.5. The van der Waals surface area contributed by atoms with E-state index < -0.39 is 6.04 Å². The van der Waals surface area contributed by atoms with Crippen LogP contribution in [-0.2, 0) is 32.1 Å². The van der Waals surface area contributed by atoms with Crippen LogP contribution in [0, 0.1) is 18.8 Å². The second-order valence-corrected chi connectivity index (χ2v) is 9.56. The molecule has 0 radical (unpaired) electrons. The number of likely N-dealkylation sites (N-methyl/N-ethyl adjacent to an activating group) is 1. The number of likely N-dealkylation sites (tertiary alicyclic amines) is 1. The summed E-state index contributed by atoms with van der Waals surface area (Å²) in [6.07, 6.45) is 5.35.